The first-order valence-electron chi connectivity index (χ1n) is 11.7. The Balaban J connectivity index is 1.35. The van der Waals surface area contributed by atoms with Crippen LogP contribution in [-0.4, -0.2) is 73.0 Å². The van der Waals surface area contributed by atoms with Crippen LogP contribution < -0.4 is 24.6 Å². The Bertz CT molecular complexity index is 1370. The van der Waals surface area contributed by atoms with Gasteiger partial charge in [-0.25, -0.2) is 15.0 Å². The van der Waals surface area contributed by atoms with Crippen LogP contribution in [0.5, 0.6) is 11.6 Å². The first-order chi connectivity index (χ1) is 17.2. The third-order valence-corrected chi connectivity index (χ3v) is 6.37. The minimum atomic E-state index is 0.636. The highest BCUT2D eigenvalue weighted by molar-refractivity contribution is 5.77. The van der Waals surface area contributed by atoms with Crippen LogP contribution in [0.4, 0.5) is 22.9 Å². The van der Waals surface area contributed by atoms with Crippen molar-refractivity contribution in [1.29, 1.82) is 0 Å². The average molecular weight is 474 g/mol. The lowest BCUT2D eigenvalue weighted by Gasteiger charge is -2.30. The molecule has 180 valence electrons. The molecule has 2 aliphatic heterocycles. The number of nitrogens with zero attached hydrogens (tertiary/aromatic N) is 6. The van der Waals surface area contributed by atoms with Crippen LogP contribution in [0.15, 0.2) is 49.1 Å². The summed E-state index contributed by atoms with van der Waals surface area (Å²) in [7, 11) is 3.73. The largest absolute Gasteiger partial charge is 0.495 e. The number of hydrogen-bond acceptors (Lipinski definition) is 9. The summed E-state index contributed by atoms with van der Waals surface area (Å²) in [6.07, 6.45) is 7.44. The van der Waals surface area contributed by atoms with Crippen LogP contribution >= 0.6 is 0 Å². The SMILES string of the molecule is COc1cc(Nc2nc(-c3cnc4c(c3)N(C)CCO4)cn3ccnc23)ccc1N1CCOCC1. The van der Waals surface area contributed by atoms with Gasteiger partial charge in [0.15, 0.2) is 11.5 Å². The molecule has 2 aliphatic rings. The van der Waals surface area contributed by atoms with E-state index in [1.54, 1.807) is 19.5 Å². The van der Waals surface area contributed by atoms with Gasteiger partial charge in [-0.15, -0.1) is 0 Å². The fourth-order valence-electron chi connectivity index (χ4n) is 4.48. The molecule has 1 fully saturated rings. The van der Waals surface area contributed by atoms with Gasteiger partial charge in [0, 0.05) is 62.2 Å². The maximum atomic E-state index is 5.72. The molecular weight excluding hydrogens is 446 g/mol. The topological polar surface area (TPSA) is 89.3 Å². The maximum Gasteiger partial charge on any atom is 0.237 e. The summed E-state index contributed by atoms with van der Waals surface area (Å²) in [5.41, 5.74) is 5.30. The number of imidazole rings is 1. The average Bonchev–Trinajstić information content (AvgIpc) is 3.38. The molecule has 0 spiro atoms. The van der Waals surface area contributed by atoms with Gasteiger partial charge in [-0.2, -0.15) is 0 Å². The molecule has 35 heavy (non-hydrogen) atoms. The number of hydrogen-bond donors (Lipinski definition) is 1. The van der Waals surface area contributed by atoms with E-state index in [4.69, 9.17) is 19.2 Å². The second-order valence-electron chi connectivity index (χ2n) is 8.56. The van der Waals surface area contributed by atoms with Gasteiger partial charge in [-0.3, -0.25) is 0 Å². The van der Waals surface area contributed by atoms with Gasteiger partial charge in [-0.05, 0) is 18.2 Å². The molecule has 10 heteroatoms. The highest BCUT2D eigenvalue weighted by atomic mass is 16.5. The van der Waals surface area contributed by atoms with E-state index in [0.717, 1.165) is 72.6 Å². The summed E-state index contributed by atoms with van der Waals surface area (Å²) in [5, 5.41) is 3.45. The van der Waals surface area contributed by atoms with Gasteiger partial charge in [0.25, 0.3) is 0 Å². The highest BCUT2D eigenvalue weighted by Gasteiger charge is 2.19. The summed E-state index contributed by atoms with van der Waals surface area (Å²) in [6, 6.07) is 8.16. The summed E-state index contributed by atoms with van der Waals surface area (Å²) >= 11 is 0. The number of benzene rings is 1. The van der Waals surface area contributed by atoms with Crippen LogP contribution in [0, 0.1) is 0 Å². The van der Waals surface area contributed by atoms with Crippen molar-refractivity contribution in [3.63, 3.8) is 0 Å². The zero-order valence-corrected chi connectivity index (χ0v) is 19.8. The van der Waals surface area contributed by atoms with Gasteiger partial charge in [-0.1, -0.05) is 0 Å². The fraction of sp³-hybridized carbons (Fsp3) is 0.320. The second kappa shape index (κ2) is 8.95. The molecule has 5 heterocycles. The van der Waals surface area contributed by atoms with Gasteiger partial charge in [0.2, 0.25) is 5.88 Å². The molecule has 4 aromatic rings. The molecule has 6 rings (SSSR count). The normalized spacial score (nSPS) is 15.6. The molecule has 1 N–H and O–H groups in total. The molecule has 0 aliphatic carbocycles. The highest BCUT2D eigenvalue weighted by Crippen LogP contribution is 2.35. The molecule has 3 aromatic heterocycles. The molecular formula is C25H27N7O3. The number of fused-ring (bicyclic) bond motifs is 2. The predicted octanol–water partition coefficient (Wildman–Crippen LogP) is 3.21. The van der Waals surface area contributed by atoms with Crippen molar-refractivity contribution in [2.75, 3.05) is 68.7 Å². The number of nitrogens with one attached hydrogen (secondary N) is 1. The van der Waals surface area contributed by atoms with Crippen LogP contribution in [-0.2, 0) is 4.74 Å². The number of anilines is 4. The van der Waals surface area contributed by atoms with Crippen molar-refractivity contribution >= 4 is 28.5 Å². The van der Waals surface area contributed by atoms with Crippen LogP contribution in [0.3, 0.4) is 0 Å². The molecule has 1 aromatic carbocycles. The fourth-order valence-corrected chi connectivity index (χ4v) is 4.48. The molecule has 0 bridgehead atoms. The van der Waals surface area contributed by atoms with E-state index in [9.17, 15) is 0 Å². The van der Waals surface area contributed by atoms with E-state index < -0.39 is 0 Å². The van der Waals surface area contributed by atoms with E-state index in [0.29, 0.717) is 18.3 Å². The van der Waals surface area contributed by atoms with Gasteiger partial charge >= 0.3 is 0 Å². The lowest BCUT2D eigenvalue weighted by Crippen LogP contribution is -2.36. The maximum absolute atomic E-state index is 5.72. The zero-order chi connectivity index (χ0) is 23.8. The van der Waals surface area contributed by atoms with Crippen molar-refractivity contribution in [2.24, 2.45) is 0 Å². The van der Waals surface area contributed by atoms with Crippen molar-refractivity contribution in [3.8, 4) is 22.9 Å². The Kier molecular flexibility index (Phi) is 5.49. The lowest BCUT2D eigenvalue weighted by atomic mass is 10.2. The first-order valence-corrected chi connectivity index (χ1v) is 11.7. The Hall–Kier alpha value is -4.05. The number of pyridine rings is 1. The summed E-state index contributed by atoms with van der Waals surface area (Å²) < 4.78 is 18.9. The van der Waals surface area contributed by atoms with Crippen molar-refractivity contribution in [2.45, 2.75) is 0 Å². The quantitative estimate of drug-likeness (QED) is 0.469. The number of rotatable bonds is 5. The number of ether oxygens (including phenoxy) is 3. The zero-order valence-electron chi connectivity index (χ0n) is 19.8. The van der Waals surface area contributed by atoms with E-state index >= 15 is 0 Å². The molecule has 0 atom stereocenters. The van der Waals surface area contributed by atoms with Crippen molar-refractivity contribution < 1.29 is 14.2 Å². The monoisotopic (exact) mass is 473 g/mol. The van der Waals surface area contributed by atoms with Gasteiger partial charge in [0.05, 0.1) is 38.2 Å². The lowest BCUT2D eigenvalue weighted by molar-refractivity contribution is 0.122. The standard InChI is InChI=1S/C25H27N7O3/c1-30-7-12-35-25-21(30)13-17(15-27-25)19-16-32-6-5-26-24(32)23(29-19)28-18-3-4-20(22(14-18)33-2)31-8-10-34-11-9-31/h3-6,13-16H,7-12H2,1-2H3,(H,28,29). The molecule has 0 amide bonds. The Morgan fingerprint density at radius 2 is 1.91 bits per heavy atom. The van der Waals surface area contributed by atoms with E-state index in [2.05, 4.69) is 37.2 Å². The summed E-state index contributed by atoms with van der Waals surface area (Å²) in [5.74, 6) is 2.10. The number of methoxy groups -OCH3 is 1. The minimum absolute atomic E-state index is 0.636. The Morgan fingerprint density at radius 1 is 1.03 bits per heavy atom. The third kappa shape index (κ3) is 4.06. The van der Waals surface area contributed by atoms with Gasteiger partial charge in [0.1, 0.15) is 18.0 Å². The van der Waals surface area contributed by atoms with E-state index in [-0.39, 0.29) is 0 Å². The summed E-state index contributed by atoms with van der Waals surface area (Å²) in [6.45, 7) is 4.58. The smallest absolute Gasteiger partial charge is 0.237 e. The van der Waals surface area contributed by atoms with Crippen LogP contribution in [0.1, 0.15) is 0 Å². The second-order valence-corrected chi connectivity index (χ2v) is 8.56. The predicted molar refractivity (Wildman–Crippen MR) is 134 cm³/mol. The van der Waals surface area contributed by atoms with E-state index in [1.165, 1.54) is 0 Å². The van der Waals surface area contributed by atoms with Crippen LogP contribution in [0.25, 0.3) is 16.9 Å². The molecule has 0 unspecified atom stereocenters. The Labute approximate surface area is 203 Å². The molecule has 10 nitrogen and oxygen atoms in total. The minimum Gasteiger partial charge on any atom is -0.495 e. The number of likely N-dealkylation sites (N-methyl/N-ethyl adjacent to an activating group) is 1. The number of morpholine rings is 1. The number of aromatic nitrogens is 4. The van der Waals surface area contributed by atoms with Crippen molar-refractivity contribution in [3.05, 3.63) is 49.1 Å². The Morgan fingerprint density at radius 3 is 2.77 bits per heavy atom. The van der Waals surface area contributed by atoms with Gasteiger partial charge < -0.3 is 33.7 Å². The first kappa shape index (κ1) is 21.5. The summed E-state index contributed by atoms with van der Waals surface area (Å²) in [4.78, 5) is 18.4. The van der Waals surface area contributed by atoms with Crippen LogP contribution in [0.2, 0.25) is 0 Å². The molecule has 1 saturated heterocycles. The third-order valence-electron chi connectivity index (χ3n) is 6.37. The van der Waals surface area contributed by atoms with E-state index in [1.807, 2.05) is 36.0 Å². The van der Waals surface area contributed by atoms with Crippen molar-refractivity contribution in [1.82, 2.24) is 19.4 Å². The molecule has 0 saturated carbocycles. The molecule has 0 radical (unpaired) electrons.